The number of benzene rings is 1. The van der Waals surface area contributed by atoms with Crippen LogP contribution in [0.3, 0.4) is 0 Å². The first-order valence-electron chi connectivity index (χ1n) is 6.17. The molecule has 0 fully saturated rings. The number of carbonyl (C=O) groups excluding carboxylic acids is 1. The Morgan fingerprint density at radius 3 is 2.67 bits per heavy atom. The van der Waals surface area contributed by atoms with E-state index in [1.165, 1.54) is 6.07 Å². The minimum atomic E-state index is -0.884. The van der Waals surface area contributed by atoms with Gasteiger partial charge in [0.15, 0.2) is 5.82 Å². The molecule has 1 aromatic carbocycles. The van der Waals surface area contributed by atoms with Crippen molar-refractivity contribution in [3.8, 4) is 0 Å². The Hall–Kier alpha value is -1.59. The van der Waals surface area contributed by atoms with Crippen molar-refractivity contribution in [2.24, 2.45) is 4.99 Å². The van der Waals surface area contributed by atoms with E-state index in [-0.39, 0.29) is 27.8 Å². The van der Waals surface area contributed by atoms with Crippen molar-refractivity contribution >= 4 is 41.1 Å². The van der Waals surface area contributed by atoms with Crippen LogP contribution in [0, 0.1) is 5.82 Å². The lowest BCUT2D eigenvalue weighted by Crippen LogP contribution is -2.12. The first-order valence-corrected chi connectivity index (χ1v) is 6.93. The van der Waals surface area contributed by atoms with E-state index in [2.05, 4.69) is 4.99 Å². The van der Waals surface area contributed by atoms with Gasteiger partial charge in [0, 0.05) is 17.8 Å². The predicted octanol–water partition coefficient (Wildman–Crippen LogP) is 4.06. The summed E-state index contributed by atoms with van der Waals surface area (Å²) in [5.41, 5.74) is -0.561. The Morgan fingerprint density at radius 1 is 1.43 bits per heavy atom. The van der Waals surface area contributed by atoms with Crippen molar-refractivity contribution in [3.05, 3.63) is 39.1 Å². The van der Waals surface area contributed by atoms with Crippen LogP contribution in [-0.4, -0.2) is 30.4 Å². The van der Waals surface area contributed by atoms with Gasteiger partial charge in [-0.05, 0) is 26.0 Å². The second kappa shape index (κ2) is 8.00. The molecule has 0 aliphatic heterocycles. The van der Waals surface area contributed by atoms with Crippen LogP contribution in [-0.2, 0) is 9.53 Å². The number of hydrogen-bond acceptors (Lipinski definition) is 4. The maximum Gasteiger partial charge on any atom is 0.343 e. The van der Waals surface area contributed by atoms with E-state index in [4.69, 9.17) is 27.9 Å². The van der Waals surface area contributed by atoms with Gasteiger partial charge < -0.3 is 9.84 Å². The average Bonchev–Trinajstić information content (AvgIpc) is 2.43. The van der Waals surface area contributed by atoms with Crippen molar-refractivity contribution in [2.75, 3.05) is 13.2 Å². The third kappa shape index (κ3) is 4.44. The molecule has 0 aromatic heterocycles. The number of esters is 1. The van der Waals surface area contributed by atoms with Crippen LogP contribution in [0.15, 0.2) is 22.7 Å². The highest BCUT2D eigenvalue weighted by molar-refractivity contribution is 6.35. The van der Waals surface area contributed by atoms with Gasteiger partial charge in [0.1, 0.15) is 11.3 Å². The fourth-order valence-electron chi connectivity index (χ4n) is 1.48. The van der Waals surface area contributed by atoms with Crippen molar-refractivity contribution in [2.45, 2.75) is 13.8 Å². The molecule has 0 radical (unpaired) electrons. The van der Waals surface area contributed by atoms with Crippen LogP contribution < -0.4 is 0 Å². The first kappa shape index (κ1) is 17.5. The summed E-state index contributed by atoms with van der Waals surface area (Å²) in [5, 5.41) is 10.0. The zero-order valence-electron chi connectivity index (χ0n) is 11.5. The molecule has 1 aromatic rings. The first-order chi connectivity index (χ1) is 9.92. The summed E-state index contributed by atoms with van der Waals surface area (Å²) < 4.78 is 18.8. The fraction of sp³-hybridized carbons (Fsp3) is 0.286. The Morgan fingerprint density at radius 2 is 2.10 bits per heavy atom. The average molecular weight is 334 g/mol. The summed E-state index contributed by atoms with van der Waals surface area (Å²) >= 11 is 11.5. The third-order valence-corrected chi connectivity index (χ3v) is 2.89. The number of hydrogen-bond donors (Lipinski definition) is 1. The van der Waals surface area contributed by atoms with Gasteiger partial charge in [-0.15, -0.1) is 0 Å². The van der Waals surface area contributed by atoms with E-state index in [0.717, 1.165) is 12.3 Å². The van der Waals surface area contributed by atoms with Gasteiger partial charge in [-0.2, -0.15) is 0 Å². The second-order valence-electron chi connectivity index (χ2n) is 3.86. The maximum atomic E-state index is 14.0. The van der Waals surface area contributed by atoms with E-state index >= 15 is 0 Å². The number of rotatable bonds is 5. The molecule has 0 unspecified atom stereocenters. The molecule has 0 aliphatic rings. The highest BCUT2D eigenvalue weighted by atomic mass is 35.5. The van der Waals surface area contributed by atoms with Gasteiger partial charge in [-0.3, -0.25) is 4.99 Å². The topological polar surface area (TPSA) is 58.9 Å². The minimum absolute atomic E-state index is 0.106. The Kier molecular flexibility index (Phi) is 6.65. The van der Waals surface area contributed by atoms with E-state index in [1.807, 2.05) is 0 Å². The molecule has 1 rings (SSSR count). The van der Waals surface area contributed by atoms with Crippen LogP contribution in [0.1, 0.15) is 19.4 Å². The summed E-state index contributed by atoms with van der Waals surface area (Å²) in [4.78, 5) is 15.7. The highest BCUT2D eigenvalue weighted by Crippen LogP contribution is 2.29. The van der Waals surface area contributed by atoms with E-state index in [0.29, 0.717) is 6.54 Å². The SMILES string of the molecule is CCN=CC(C(=O)OCC)=C(O)c1cc(Cl)cc(Cl)c1F. The zero-order valence-corrected chi connectivity index (χ0v) is 13.0. The molecule has 114 valence electrons. The lowest BCUT2D eigenvalue weighted by Gasteiger charge is -2.09. The predicted molar refractivity (Wildman–Crippen MR) is 81.6 cm³/mol. The molecule has 0 bridgehead atoms. The lowest BCUT2D eigenvalue weighted by atomic mass is 10.1. The van der Waals surface area contributed by atoms with Gasteiger partial charge >= 0.3 is 5.97 Å². The molecular weight excluding hydrogens is 320 g/mol. The van der Waals surface area contributed by atoms with Gasteiger partial charge in [0.25, 0.3) is 0 Å². The highest BCUT2D eigenvalue weighted by Gasteiger charge is 2.20. The lowest BCUT2D eigenvalue weighted by molar-refractivity contribution is -0.137. The number of aliphatic hydroxyl groups excluding tert-OH is 1. The molecule has 0 spiro atoms. The zero-order chi connectivity index (χ0) is 16.0. The molecule has 21 heavy (non-hydrogen) atoms. The molecule has 0 atom stereocenters. The third-order valence-electron chi connectivity index (χ3n) is 2.40. The largest absolute Gasteiger partial charge is 0.506 e. The molecule has 7 heteroatoms. The summed E-state index contributed by atoms with van der Waals surface area (Å²) in [6.45, 7) is 3.84. The van der Waals surface area contributed by atoms with Crippen LogP contribution in [0.25, 0.3) is 5.76 Å². The molecular formula is C14H14Cl2FNO3. The van der Waals surface area contributed by atoms with Crippen LogP contribution in [0.5, 0.6) is 0 Å². The van der Waals surface area contributed by atoms with E-state index < -0.39 is 17.5 Å². The Bertz CT molecular complexity index is 600. The number of aliphatic imine (C=N–C) groups is 1. The fourth-order valence-corrected chi connectivity index (χ4v) is 1.97. The summed E-state index contributed by atoms with van der Waals surface area (Å²) in [7, 11) is 0. The van der Waals surface area contributed by atoms with Gasteiger partial charge in [0.05, 0.1) is 17.2 Å². The Labute approximate surface area is 131 Å². The van der Waals surface area contributed by atoms with E-state index in [9.17, 15) is 14.3 Å². The molecule has 1 N–H and O–H groups in total. The number of nitrogens with zero attached hydrogens (tertiary/aromatic N) is 1. The molecule has 0 heterocycles. The summed E-state index contributed by atoms with van der Waals surface area (Å²) in [5.74, 6) is -2.33. The Balaban J connectivity index is 3.45. The molecule has 0 amide bonds. The number of ether oxygens (including phenoxy) is 1. The van der Waals surface area contributed by atoms with Crippen LogP contribution in [0.2, 0.25) is 10.0 Å². The monoisotopic (exact) mass is 333 g/mol. The molecule has 4 nitrogen and oxygen atoms in total. The maximum absolute atomic E-state index is 14.0. The molecule has 0 saturated carbocycles. The van der Waals surface area contributed by atoms with Crippen molar-refractivity contribution in [1.82, 2.24) is 0 Å². The second-order valence-corrected chi connectivity index (χ2v) is 4.70. The molecule has 0 saturated heterocycles. The quantitative estimate of drug-likeness (QED) is 0.290. The van der Waals surface area contributed by atoms with Crippen LogP contribution in [0.4, 0.5) is 4.39 Å². The molecule has 0 aliphatic carbocycles. The standard InChI is InChI=1S/C14H14Cl2FNO3/c1-3-18-7-10(14(20)21-4-2)13(19)9-5-8(15)6-11(16)12(9)17/h5-7,19H,3-4H2,1-2H3. The number of carbonyl (C=O) groups is 1. The van der Waals surface area contributed by atoms with Gasteiger partial charge in [-0.1, -0.05) is 23.2 Å². The normalized spacial score (nSPS) is 12.4. The number of aliphatic hydroxyl groups is 1. The van der Waals surface area contributed by atoms with E-state index in [1.54, 1.807) is 13.8 Å². The number of halogens is 3. The van der Waals surface area contributed by atoms with Gasteiger partial charge in [0.2, 0.25) is 0 Å². The summed E-state index contributed by atoms with van der Waals surface area (Å²) in [6.07, 6.45) is 1.13. The van der Waals surface area contributed by atoms with Crippen molar-refractivity contribution in [1.29, 1.82) is 0 Å². The van der Waals surface area contributed by atoms with Crippen LogP contribution >= 0.6 is 23.2 Å². The van der Waals surface area contributed by atoms with Crippen molar-refractivity contribution < 1.29 is 19.0 Å². The smallest absolute Gasteiger partial charge is 0.343 e. The van der Waals surface area contributed by atoms with Gasteiger partial charge in [-0.25, -0.2) is 9.18 Å². The minimum Gasteiger partial charge on any atom is -0.506 e. The summed E-state index contributed by atoms with van der Waals surface area (Å²) in [6, 6.07) is 2.36. The van der Waals surface area contributed by atoms with Crippen molar-refractivity contribution in [3.63, 3.8) is 0 Å².